The minimum Gasteiger partial charge on any atom is -0.454 e. The Morgan fingerprint density at radius 2 is 1.82 bits per heavy atom. The number of rotatable bonds is 6. The number of aryl methyl sites for hydroxylation is 1. The van der Waals surface area contributed by atoms with E-state index >= 15 is 0 Å². The summed E-state index contributed by atoms with van der Waals surface area (Å²) in [5.74, 6) is -1.68. The summed E-state index contributed by atoms with van der Waals surface area (Å²) in [4.78, 5) is 35.3. The number of sulfonamides is 1. The summed E-state index contributed by atoms with van der Waals surface area (Å²) in [6, 6.07) is 5.34. The molecule has 9 nitrogen and oxygen atoms in total. The van der Waals surface area contributed by atoms with Gasteiger partial charge in [0.15, 0.2) is 6.61 Å². The van der Waals surface area contributed by atoms with E-state index in [-0.39, 0.29) is 18.0 Å². The smallest absolute Gasteiger partial charge is 0.413 e. The van der Waals surface area contributed by atoms with Crippen LogP contribution in [0, 0.1) is 6.92 Å². The maximum Gasteiger partial charge on any atom is 0.413 e. The van der Waals surface area contributed by atoms with Crippen LogP contribution >= 0.6 is 0 Å². The van der Waals surface area contributed by atoms with Crippen LogP contribution in [0.1, 0.15) is 31.7 Å². The number of carbonyl (C=O) groups excluding carboxylic acids is 3. The summed E-state index contributed by atoms with van der Waals surface area (Å²) < 4.78 is 36.5. The Morgan fingerprint density at radius 3 is 2.46 bits per heavy atom. The van der Waals surface area contributed by atoms with Crippen molar-refractivity contribution in [3.8, 4) is 0 Å². The van der Waals surface area contributed by atoms with E-state index in [1.165, 1.54) is 12.1 Å². The second-order valence-electron chi connectivity index (χ2n) is 6.32. The average Bonchev–Trinajstić information content (AvgIpc) is 2.66. The van der Waals surface area contributed by atoms with Gasteiger partial charge in [-0.25, -0.2) is 13.2 Å². The quantitative estimate of drug-likeness (QED) is 0.701. The topological polar surface area (TPSA) is 119 Å². The Balaban J connectivity index is 2.05. The van der Waals surface area contributed by atoms with Crippen LogP contribution < -0.4 is 5.32 Å². The van der Waals surface area contributed by atoms with Gasteiger partial charge in [0.2, 0.25) is 10.0 Å². The number of piperidine rings is 1. The molecule has 2 amide bonds. The summed E-state index contributed by atoms with van der Waals surface area (Å²) >= 11 is 0. The van der Waals surface area contributed by atoms with Crippen LogP contribution in [0.25, 0.3) is 0 Å². The lowest BCUT2D eigenvalue weighted by atomic mass is 10.1. The van der Waals surface area contributed by atoms with Crippen molar-refractivity contribution >= 4 is 28.0 Å². The molecule has 1 N–H and O–H groups in total. The number of nitrogens with zero attached hydrogens (tertiary/aromatic N) is 1. The van der Waals surface area contributed by atoms with Crippen molar-refractivity contribution in [2.24, 2.45) is 0 Å². The molecular weight excluding hydrogens is 388 g/mol. The third-order valence-electron chi connectivity index (χ3n) is 4.22. The number of carbonyl (C=O) groups is 3. The summed E-state index contributed by atoms with van der Waals surface area (Å²) in [5.41, 5.74) is 0.918. The molecule has 0 aliphatic carbocycles. The van der Waals surface area contributed by atoms with Crippen LogP contribution in [0.5, 0.6) is 0 Å². The van der Waals surface area contributed by atoms with E-state index in [1.807, 2.05) is 12.2 Å². The normalized spacial score (nSPS) is 17.6. The largest absolute Gasteiger partial charge is 0.454 e. The van der Waals surface area contributed by atoms with Crippen LogP contribution in [0.15, 0.2) is 29.2 Å². The zero-order chi connectivity index (χ0) is 20.7. The van der Waals surface area contributed by atoms with Crippen molar-refractivity contribution in [3.63, 3.8) is 0 Å². The molecule has 1 aromatic carbocycles. The zero-order valence-electron chi connectivity index (χ0n) is 15.8. The predicted molar refractivity (Wildman–Crippen MR) is 98.8 cm³/mol. The molecule has 1 aliphatic heterocycles. The first-order chi connectivity index (χ1) is 13.3. The zero-order valence-corrected chi connectivity index (χ0v) is 16.7. The summed E-state index contributed by atoms with van der Waals surface area (Å²) in [7, 11) is -3.88. The second-order valence-corrected chi connectivity index (χ2v) is 8.21. The van der Waals surface area contributed by atoms with Gasteiger partial charge in [-0.2, -0.15) is 4.31 Å². The number of imide groups is 1. The fourth-order valence-electron chi connectivity index (χ4n) is 2.82. The molecule has 0 radical (unpaired) electrons. The van der Waals surface area contributed by atoms with E-state index in [2.05, 4.69) is 4.74 Å². The Morgan fingerprint density at radius 1 is 1.14 bits per heavy atom. The van der Waals surface area contributed by atoms with Gasteiger partial charge < -0.3 is 9.47 Å². The van der Waals surface area contributed by atoms with Crippen LogP contribution in [0.4, 0.5) is 4.79 Å². The van der Waals surface area contributed by atoms with Gasteiger partial charge in [0.05, 0.1) is 11.5 Å². The Kier molecular flexibility index (Phi) is 7.53. The van der Waals surface area contributed by atoms with Gasteiger partial charge in [0, 0.05) is 6.54 Å². The number of benzene rings is 1. The van der Waals surface area contributed by atoms with Crippen molar-refractivity contribution in [1.82, 2.24) is 9.62 Å². The average molecular weight is 412 g/mol. The molecule has 0 spiro atoms. The summed E-state index contributed by atoms with van der Waals surface area (Å²) in [6.45, 7) is 3.00. The van der Waals surface area contributed by atoms with E-state index in [0.717, 1.165) is 9.87 Å². The molecule has 28 heavy (non-hydrogen) atoms. The van der Waals surface area contributed by atoms with E-state index in [4.69, 9.17) is 4.74 Å². The SMILES string of the molecule is CCOC(=O)NC(=O)COC(=O)[C@@H]1CCCCN1S(=O)(=O)c1ccc(C)cc1. The minimum atomic E-state index is -3.88. The highest BCUT2D eigenvalue weighted by Crippen LogP contribution is 2.26. The van der Waals surface area contributed by atoms with Crippen molar-refractivity contribution < 1.29 is 32.3 Å². The Labute approximate surface area is 164 Å². The highest BCUT2D eigenvalue weighted by Gasteiger charge is 2.38. The number of alkyl carbamates (subject to hydrolysis) is 1. The van der Waals surface area contributed by atoms with E-state index < -0.39 is 40.6 Å². The number of amides is 2. The fraction of sp³-hybridized carbons (Fsp3) is 0.500. The van der Waals surface area contributed by atoms with E-state index in [9.17, 15) is 22.8 Å². The molecule has 0 aromatic heterocycles. The third kappa shape index (κ3) is 5.52. The molecule has 154 valence electrons. The number of esters is 1. The lowest BCUT2D eigenvalue weighted by Crippen LogP contribution is -2.49. The van der Waals surface area contributed by atoms with E-state index in [1.54, 1.807) is 19.1 Å². The molecule has 0 bridgehead atoms. The summed E-state index contributed by atoms with van der Waals surface area (Å²) in [6.07, 6.45) is 0.640. The molecule has 1 aromatic rings. The maximum atomic E-state index is 12.9. The molecule has 1 atom stereocenters. The highest BCUT2D eigenvalue weighted by atomic mass is 32.2. The molecule has 10 heteroatoms. The van der Waals surface area contributed by atoms with Gasteiger partial charge in [-0.15, -0.1) is 0 Å². The maximum absolute atomic E-state index is 12.9. The van der Waals surface area contributed by atoms with Crippen LogP contribution in [-0.4, -0.2) is 56.5 Å². The van der Waals surface area contributed by atoms with Crippen molar-refractivity contribution in [2.75, 3.05) is 19.8 Å². The van der Waals surface area contributed by atoms with Crippen LogP contribution in [0.3, 0.4) is 0 Å². The second kappa shape index (κ2) is 9.65. The van der Waals surface area contributed by atoms with Crippen LogP contribution in [-0.2, 0) is 29.1 Å². The monoisotopic (exact) mass is 412 g/mol. The number of hydrogen-bond acceptors (Lipinski definition) is 7. The Bertz CT molecular complexity index is 821. The number of nitrogens with one attached hydrogen (secondary N) is 1. The molecule has 1 aliphatic rings. The first kappa shape index (κ1) is 21.8. The fourth-order valence-corrected chi connectivity index (χ4v) is 4.47. The lowest BCUT2D eigenvalue weighted by molar-refractivity contribution is -0.153. The number of ether oxygens (including phenoxy) is 2. The highest BCUT2D eigenvalue weighted by molar-refractivity contribution is 7.89. The van der Waals surface area contributed by atoms with Gasteiger partial charge in [0.25, 0.3) is 5.91 Å². The molecule has 1 saturated heterocycles. The Hall–Kier alpha value is -2.46. The molecule has 1 fully saturated rings. The van der Waals surface area contributed by atoms with Crippen molar-refractivity contribution in [3.05, 3.63) is 29.8 Å². The molecule has 0 saturated carbocycles. The number of hydrogen-bond donors (Lipinski definition) is 1. The standard InChI is InChI=1S/C18H24N2O7S/c1-3-26-18(23)19-16(21)12-27-17(22)15-6-4-5-11-20(15)28(24,25)14-9-7-13(2)8-10-14/h7-10,15H,3-6,11-12H2,1-2H3,(H,19,21,23)/t15-/m0/s1. The minimum absolute atomic E-state index is 0.0901. The lowest BCUT2D eigenvalue weighted by Gasteiger charge is -2.32. The third-order valence-corrected chi connectivity index (χ3v) is 6.14. The van der Waals surface area contributed by atoms with Crippen LogP contribution in [0.2, 0.25) is 0 Å². The molecule has 1 heterocycles. The first-order valence-electron chi connectivity index (χ1n) is 8.97. The van der Waals surface area contributed by atoms with Crippen molar-refractivity contribution in [1.29, 1.82) is 0 Å². The first-order valence-corrected chi connectivity index (χ1v) is 10.4. The van der Waals surface area contributed by atoms with E-state index in [0.29, 0.717) is 19.3 Å². The predicted octanol–water partition coefficient (Wildman–Crippen LogP) is 1.35. The van der Waals surface area contributed by atoms with Gasteiger partial charge in [-0.05, 0) is 45.2 Å². The van der Waals surface area contributed by atoms with Gasteiger partial charge in [0.1, 0.15) is 6.04 Å². The summed E-state index contributed by atoms with van der Waals surface area (Å²) in [5, 5.41) is 1.90. The molecule has 2 rings (SSSR count). The van der Waals surface area contributed by atoms with Crippen molar-refractivity contribution in [2.45, 2.75) is 44.0 Å². The molecule has 0 unspecified atom stereocenters. The van der Waals surface area contributed by atoms with Gasteiger partial charge >= 0.3 is 12.1 Å². The van der Waals surface area contributed by atoms with Gasteiger partial charge in [-0.1, -0.05) is 17.7 Å². The van der Waals surface area contributed by atoms with Gasteiger partial charge in [-0.3, -0.25) is 14.9 Å². The molecular formula is C18H24N2O7S.